The number of aromatic amines is 1. The predicted molar refractivity (Wildman–Crippen MR) is 95.3 cm³/mol. The Balaban J connectivity index is 1.83. The lowest BCUT2D eigenvalue weighted by molar-refractivity contribution is -0.0577. The van der Waals surface area contributed by atoms with E-state index in [1.54, 1.807) is 6.92 Å². The van der Waals surface area contributed by atoms with E-state index < -0.39 is 52.2 Å². The number of nitrogens with zero attached hydrogens (tertiary/aromatic N) is 3. The van der Waals surface area contributed by atoms with Crippen LogP contribution in [0, 0.1) is 5.92 Å². The molecule has 1 saturated heterocycles. The molecule has 0 amide bonds. The molecule has 29 heavy (non-hydrogen) atoms. The maximum Gasteiger partial charge on any atom is 0.481 e. The van der Waals surface area contributed by atoms with Crippen LogP contribution in [0.25, 0.3) is 11.2 Å². The van der Waals surface area contributed by atoms with Gasteiger partial charge in [-0.2, -0.15) is 9.29 Å². The molecule has 0 saturated carbocycles. The van der Waals surface area contributed by atoms with Crippen LogP contribution in [-0.2, 0) is 27.4 Å². The zero-order valence-electron chi connectivity index (χ0n) is 15.1. The zero-order valence-corrected chi connectivity index (χ0v) is 16.9. The molecule has 15 nitrogen and oxygen atoms in total. The Hall–Kier alpha value is -1.67. The largest absolute Gasteiger partial charge is 0.481 e. The molecule has 2 aromatic heterocycles. The molecule has 1 aliphatic heterocycles. The number of aromatic nitrogens is 4. The highest BCUT2D eigenvalue weighted by atomic mass is 31.3. The molecular formula is C12H19N5O10P2. The standard InChI is InChI=1S/C12H19N5O10P2/c1-5-6(3-25-29(22,23)27-28(19,20)21)26-11(8(5)24-2)17-4-14-7-9(17)15-12(13)16-10(7)18/h4-6,8,11H,3H2,1-2H3,(H,22,23)(H2,19,20,21)(H3,13,15,16,18)/t5-,6-,8-,11-/m1/s1. The van der Waals surface area contributed by atoms with E-state index in [2.05, 4.69) is 23.8 Å². The highest BCUT2D eigenvalue weighted by Crippen LogP contribution is 2.57. The number of nitrogen functional groups attached to an aromatic ring is 1. The minimum Gasteiger partial charge on any atom is -0.376 e. The van der Waals surface area contributed by atoms with Gasteiger partial charge in [0, 0.05) is 13.0 Å². The fourth-order valence-corrected chi connectivity index (χ4v) is 4.65. The summed E-state index contributed by atoms with van der Waals surface area (Å²) in [7, 11) is -8.85. The van der Waals surface area contributed by atoms with Gasteiger partial charge >= 0.3 is 15.6 Å². The van der Waals surface area contributed by atoms with Crippen LogP contribution in [0.4, 0.5) is 5.95 Å². The average molecular weight is 455 g/mol. The molecule has 17 heteroatoms. The Morgan fingerprint density at radius 1 is 1.38 bits per heavy atom. The second-order valence-electron chi connectivity index (χ2n) is 6.24. The molecule has 162 valence electrons. The number of hydrogen-bond acceptors (Lipinski definition) is 10. The summed E-state index contributed by atoms with van der Waals surface area (Å²) in [6, 6.07) is 0. The van der Waals surface area contributed by atoms with Crippen LogP contribution >= 0.6 is 15.6 Å². The third-order valence-electron chi connectivity index (χ3n) is 4.31. The Labute approximate surface area is 162 Å². The number of ether oxygens (including phenoxy) is 2. The number of nitrogens with two attached hydrogens (primary N) is 1. The number of nitrogens with one attached hydrogen (secondary N) is 1. The first-order valence-corrected chi connectivity index (χ1v) is 11.1. The number of phosphoric ester groups is 1. The van der Waals surface area contributed by atoms with Gasteiger partial charge in [-0.1, -0.05) is 6.92 Å². The second kappa shape index (κ2) is 7.87. The molecule has 3 heterocycles. The van der Waals surface area contributed by atoms with Crippen LogP contribution < -0.4 is 11.3 Å². The molecule has 0 aliphatic carbocycles. The number of hydrogen-bond donors (Lipinski definition) is 5. The molecule has 2 aromatic rings. The van der Waals surface area contributed by atoms with E-state index >= 15 is 0 Å². The summed E-state index contributed by atoms with van der Waals surface area (Å²) in [5.74, 6) is -0.531. The van der Waals surface area contributed by atoms with Crippen LogP contribution in [0.1, 0.15) is 13.2 Å². The first-order chi connectivity index (χ1) is 13.4. The number of rotatable bonds is 7. The number of fused-ring (bicyclic) bond motifs is 1. The number of imidazole rings is 1. The van der Waals surface area contributed by atoms with Crippen LogP contribution in [0.5, 0.6) is 0 Å². The van der Waals surface area contributed by atoms with Gasteiger partial charge in [0.25, 0.3) is 5.56 Å². The maximum atomic E-state index is 12.0. The van der Waals surface area contributed by atoms with Gasteiger partial charge in [0.2, 0.25) is 5.95 Å². The van der Waals surface area contributed by atoms with Gasteiger partial charge in [-0.15, -0.1) is 0 Å². The smallest absolute Gasteiger partial charge is 0.376 e. The van der Waals surface area contributed by atoms with Crippen molar-refractivity contribution in [1.82, 2.24) is 19.5 Å². The summed E-state index contributed by atoms with van der Waals surface area (Å²) in [4.78, 5) is 49.1. The van der Waals surface area contributed by atoms with E-state index in [4.69, 9.17) is 25.0 Å². The van der Waals surface area contributed by atoms with Crippen molar-refractivity contribution in [3.63, 3.8) is 0 Å². The molecule has 0 bridgehead atoms. The summed E-state index contributed by atoms with van der Waals surface area (Å²) >= 11 is 0. The summed E-state index contributed by atoms with van der Waals surface area (Å²) in [6.45, 7) is 1.18. The SMILES string of the molecule is CO[C@@H]1[C@H](C)[C@@H](COP(=O)(O)OP(=O)(O)O)O[C@H]1n1cnc2c(=O)[nH]c(N)nc21. The number of phosphoric acid groups is 2. The minimum atomic E-state index is -5.24. The molecular weight excluding hydrogens is 436 g/mol. The molecule has 0 radical (unpaired) electrons. The van der Waals surface area contributed by atoms with Crippen molar-refractivity contribution >= 4 is 32.8 Å². The lowest BCUT2D eigenvalue weighted by Crippen LogP contribution is -2.28. The summed E-state index contributed by atoms with van der Waals surface area (Å²) in [5, 5.41) is 0. The molecule has 3 rings (SSSR count). The molecule has 0 spiro atoms. The van der Waals surface area contributed by atoms with Gasteiger partial charge in [-0.3, -0.25) is 18.9 Å². The Morgan fingerprint density at radius 3 is 2.69 bits per heavy atom. The quantitative estimate of drug-likeness (QED) is 0.332. The lowest BCUT2D eigenvalue weighted by atomic mass is 10.0. The van der Waals surface area contributed by atoms with Crippen LogP contribution in [0.15, 0.2) is 11.1 Å². The molecule has 1 aliphatic rings. The van der Waals surface area contributed by atoms with E-state index in [1.807, 2.05) is 0 Å². The van der Waals surface area contributed by atoms with Gasteiger partial charge in [0.1, 0.15) is 6.10 Å². The highest BCUT2D eigenvalue weighted by molar-refractivity contribution is 7.60. The van der Waals surface area contributed by atoms with Crippen LogP contribution in [0.2, 0.25) is 0 Å². The monoisotopic (exact) mass is 455 g/mol. The van der Waals surface area contributed by atoms with Crippen LogP contribution in [0.3, 0.4) is 0 Å². The van der Waals surface area contributed by atoms with Crippen molar-refractivity contribution in [1.29, 1.82) is 0 Å². The van der Waals surface area contributed by atoms with Gasteiger partial charge in [-0.05, 0) is 0 Å². The van der Waals surface area contributed by atoms with Gasteiger partial charge in [-0.25, -0.2) is 14.1 Å². The van der Waals surface area contributed by atoms with Crippen molar-refractivity contribution in [2.24, 2.45) is 5.92 Å². The van der Waals surface area contributed by atoms with Crippen molar-refractivity contribution in [3.8, 4) is 0 Å². The van der Waals surface area contributed by atoms with Crippen molar-refractivity contribution in [2.75, 3.05) is 19.5 Å². The fraction of sp³-hybridized carbons (Fsp3) is 0.583. The first kappa shape index (κ1) is 22.0. The van der Waals surface area contributed by atoms with Crippen molar-refractivity contribution < 1.29 is 42.1 Å². The first-order valence-electron chi connectivity index (χ1n) is 8.06. The molecule has 6 N–H and O–H groups in total. The van der Waals surface area contributed by atoms with Gasteiger partial charge < -0.3 is 29.9 Å². The fourth-order valence-electron chi connectivity index (χ4n) is 3.05. The number of methoxy groups -OCH3 is 1. The van der Waals surface area contributed by atoms with E-state index in [0.29, 0.717) is 0 Å². The molecule has 0 aromatic carbocycles. The topological polar surface area (TPSA) is 221 Å². The van der Waals surface area contributed by atoms with E-state index in [-0.39, 0.29) is 17.1 Å². The predicted octanol–water partition coefficient (Wildman–Crippen LogP) is -0.523. The second-order valence-corrected chi connectivity index (χ2v) is 9.07. The third-order valence-corrected chi connectivity index (χ3v) is 6.46. The minimum absolute atomic E-state index is 0.0277. The average Bonchev–Trinajstić information content (AvgIpc) is 3.11. The summed E-state index contributed by atoms with van der Waals surface area (Å²) in [6.07, 6.45) is -0.970. The highest BCUT2D eigenvalue weighted by Gasteiger charge is 2.45. The van der Waals surface area contributed by atoms with E-state index in [9.17, 15) is 18.8 Å². The van der Waals surface area contributed by atoms with Gasteiger partial charge in [0.15, 0.2) is 17.4 Å². The van der Waals surface area contributed by atoms with E-state index in [1.165, 1.54) is 18.0 Å². The Morgan fingerprint density at radius 2 is 2.07 bits per heavy atom. The molecule has 5 atom stereocenters. The number of H-pyrrole nitrogens is 1. The van der Waals surface area contributed by atoms with Gasteiger partial charge in [0.05, 0.1) is 19.0 Å². The van der Waals surface area contributed by atoms with Crippen molar-refractivity contribution in [2.45, 2.75) is 25.4 Å². The lowest BCUT2D eigenvalue weighted by Gasteiger charge is -2.20. The summed E-state index contributed by atoms with van der Waals surface area (Å²) in [5.41, 5.74) is 5.21. The summed E-state index contributed by atoms with van der Waals surface area (Å²) < 4.78 is 43.5. The molecule has 1 unspecified atom stereocenters. The van der Waals surface area contributed by atoms with Crippen molar-refractivity contribution in [3.05, 3.63) is 16.7 Å². The Bertz CT molecular complexity index is 1050. The zero-order chi connectivity index (χ0) is 21.6. The molecule has 1 fully saturated rings. The van der Waals surface area contributed by atoms with Crippen LogP contribution in [-0.4, -0.2) is 60.1 Å². The number of anilines is 1. The van der Waals surface area contributed by atoms with E-state index in [0.717, 1.165) is 0 Å². The normalized spacial score (nSPS) is 27.3. The Kier molecular flexibility index (Phi) is 5.98. The third kappa shape index (κ3) is 4.74. The maximum absolute atomic E-state index is 12.0.